The molecule has 0 aliphatic carbocycles. The van der Waals surface area contributed by atoms with Gasteiger partial charge in [-0.3, -0.25) is 0 Å². The number of ether oxygens (including phenoxy) is 1. The number of hydrogen-bond donors (Lipinski definition) is 1. The van der Waals surface area contributed by atoms with Crippen molar-refractivity contribution in [3.05, 3.63) is 24.3 Å². The van der Waals surface area contributed by atoms with Crippen LogP contribution < -0.4 is 5.32 Å². The maximum Gasteiger partial charge on any atom is 0.0664 e. The predicted molar refractivity (Wildman–Crippen MR) is 72.4 cm³/mol. The topological polar surface area (TPSA) is 21.3 Å². The fourth-order valence-electron chi connectivity index (χ4n) is 1.47. The summed E-state index contributed by atoms with van der Waals surface area (Å²) in [5.74, 6) is 1.10. The molecule has 16 heavy (non-hydrogen) atoms. The molecule has 1 atom stereocenters. The van der Waals surface area contributed by atoms with Crippen molar-refractivity contribution in [2.75, 3.05) is 24.3 Å². The molecule has 0 heterocycles. The molecule has 90 valence electrons. The Kier molecular flexibility index (Phi) is 6.34. The smallest absolute Gasteiger partial charge is 0.0664 e. The van der Waals surface area contributed by atoms with Gasteiger partial charge in [0.05, 0.1) is 6.61 Å². The van der Waals surface area contributed by atoms with Gasteiger partial charge in [-0.2, -0.15) is 0 Å². The minimum atomic E-state index is 0.346. The highest BCUT2D eigenvalue weighted by Crippen LogP contribution is 2.26. The van der Waals surface area contributed by atoms with Crippen LogP contribution in [0.1, 0.15) is 20.8 Å². The zero-order chi connectivity index (χ0) is 11.8. The van der Waals surface area contributed by atoms with Gasteiger partial charge in [0.15, 0.2) is 0 Å². The van der Waals surface area contributed by atoms with Crippen LogP contribution in [0, 0.1) is 0 Å². The average Bonchev–Trinajstić information content (AvgIpc) is 2.29. The molecule has 0 fully saturated rings. The van der Waals surface area contributed by atoms with Crippen molar-refractivity contribution in [3.8, 4) is 0 Å². The van der Waals surface area contributed by atoms with E-state index in [9.17, 15) is 0 Å². The molecular weight excluding hydrogens is 218 g/mol. The van der Waals surface area contributed by atoms with Crippen LogP contribution in [0.15, 0.2) is 29.2 Å². The van der Waals surface area contributed by atoms with Gasteiger partial charge in [0.25, 0.3) is 0 Å². The van der Waals surface area contributed by atoms with Crippen LogP contribution in [-0.4, -0.2) is 25.0 Å². The largest absolute Gasteiger partial charge is 0.380 e. The second-order valence-electron chi connectivity index (χ2n) is 3.63. The molecule has 1 N–H and O–H groups in total. The minimum Gasteiger partial charge on any atom is -0.380 e. The van der Waals surface area contributed by atoms with Crippen LogP contribution in [0.3, 0.4) is 0 Å². The molecule has 0 radical (unpaired) electrons. The van der Waals surface area contributed by atoms with E-state index in [1.165, 1.54) is 10.6 Å². The van der Waals surface area contributed by atoms with Crippen LogP contribution in [-0.2, 0) is 4.74 Å². The summed E-state index contributed by atoms with van der Waals surface area (Å²) in [5, 5.41) is 3.48. The summed E-state index contributed by atoms with van der Waals surface area (Å²) in [5.41, 5.74) is 1.21. The first-order chi connectivity index (χ1) is 7.77. The maximum atomic E-state index is 5.40. The van der Waals surface area contributed by atoms with Crippen LogP contribution in [0.2, 0.25) is 0 Å². The van der Waals surface area contributed by atoms with E-state index >= 15 is 0 Å². The highest BCUT2D eigenvalue weighted by molar-refractivity contribution is 7.99. The van der Waals surface area contributed by atoms with E-state index in [2.05, 4.69) is 43.4 Å². The summed E-state index contributed by atoms with van der Waals surface area (Å²) in [6.07, 6.45) is 0. The molecule has 1 rings (SSSR count). The Labute approximate surface area is 103 Å². The van der Waals surface area contributed by atoms with Crippen molar-refractivity contribution < 1.29 is 4.74 Å². The lowest BCUT2D eigenvalue weighted by molar-refractivity contribution is 0.141. The van der Waals surface area contributed by atoms with Crippen LogP contribution >= 0.6 is 11.8 Å². The molecule has 0 aromatic heterocycles. The third-order valence-electron chi connectivity index (χ3n) is 2.16. The first kappa shape index (κ1) is 13.4. The number of benzene rings is 1. The summed E-state index contributed by atoms with van der Waals surface area (Å²) < 4.78 is 5.40. The lowest BCUT2D eigenvalue weighted by Crippen LogP contribution is -2.21. The predicted octanol–water partition coefficient (Wildman–Crippen LogP) is 3.64. The number of para-hydroxylation sites is 1. The summed E-state index contributed by atoms with van der Waals surface area (Å²) in [6.45, 7) is 7.86. The van der Waals surface area contributed by atoms with Crippen molar-refractivity contribution >= 4 is 17.4 Å². The Morgan fingerprint density at radius 1 is 1.31 bits per heavy atom. The van der Waals surface area contributed by atoms with Crippen LogP contribution in [0.4, 0.5) is 5.69 Å². The van der Waals surface area contributed by atoms with E-state index in [0.29, 0.717) is 6.04 Å². The molecule has 1 aromatic carbocycles. The van der Waals surface area contributed by atoms with Crippen molar-refractivity contribution in [3.63, 3.8) is 0 Å². The Hall–Kier alpha value is -0.670. The first-order valence-corrected chi connectivity index (χ1v) is 6.82. The zero-order valence-electron chi connectivity index (χ0n) is 10.3. The molecule has 0 saturated carbocycles. The quantitative estimate of drug-likeness (QED) is 0.734. The number of nitrogens with one attached hydrogen (secondary N) is 1. The van der Waals surface area contributed by atoms with Gasteiger partial charge < -0.3 is 10.1 Å². The van der Waals surface area contributed by atoms with Gasteiger partial charge >= 0.3 is 0 Å². The molecular formula is C13H21NOS. The van der Waals surface area contributed by atoms with E-state index in [1.54, 1.807) is 0 Å². The monoisotopic (exact) mass is 239 g/mol. The SMILES string of the molecule is CCOCC(C)Nc1ccccc1SCC. The molecule has 1 aromatic rings. The van der Waals surface area contributed by atoms with Crippen molar-refractivity contribution in [1.29, 1.82) is 0 Å². The molecule has 2 nitrogen and oxygen atoms in total. The normalized spacial score (nSPS) is 12.4. The fourth-order valence-corrected chi connectivity index (χ4v) is 2.24. The van der Waals surface area contributed by atoms with Gasteiger partial charge in [-0.1, -0.05) is 19.1 Å². The van der Waals surface area contributed by atoms with Crippen LogP contribution in [0.5, 0.6) is 0 Å². The van der Waals surface area contributed by atoms with E-state index in [0.717, 1.165) is 19.0 Å². The number of hydrogen-bond acceptors (Lipinski definition) is 3. The maximum absolute atomic E-state index is 5.40. The Bertz CT molecular complexity index is 304. The van der Waals surface area contributed by atoms with Crippen molar-refractivity contribution in [2.24, 2.45) is 0 Å². The third kappa shape index (κ3) is 4.45. The minimum absolute atomic E-state index is 0.346. The fraction of sp³-hybridized carbons (Fsp3) is 0.538. The van der Waals surface area contributed by atoms with Gasteiger partial charge in [0.2, 0.25) is 0 Å². The van der Waals surface area contributed by atoms with E-state index in [-0.39, 0.29) is 0 Å². The van der Waals surface area contributed by atoms with Gasteiger partial charge in [-0.05, 0) is 31.7 Å². The zero-order valence-corrected chi connectivity index (χ0v) is 11.1. The summed E-state index contributed by atoms with van der Waals surface area (Å²) >= 11 is 1.86. The molecule has 0 spiro atoms. The van der Waals surface area contributed by atoms with Gasteiger partial charge in [0.1, 0.15) is 0 Å². The first-order valence-electron chi connectivity index (χ1n) is 5.84. The summed E-state index contributed by atoms with van der Waals surface area (Å²) in [7, 11) is 0. The molecule has 3 heteroatoms. The number of rotatable bonds is 7. The lowest BCUT2D eigenvalue weighted by atomic mass is 10.3. The van der Waals surface area contributed by atoms with E-state index in [1.807, 2.05) is 18.7 Å². The number of thioether (sulfide) groups is 1. The second kappa shape index (κ2) is 7.58. The number of anilines is 1. The van der Waals surface area contributed by atoms with Gasteiger partial charge in [-0.15, -0.1) is 11.8 Å². The molecule has 0 aliphatic heterocycles. The van der Waals surface area contributed by atoms with Crippen molar-refractivity contribution in [2.45, 2.75) is 31.7 Å². The van der Waals surface area contributed by atoms with Gasteiger partial charge in [-0.25, -0.2) is 0 Å². The summed E-state index contributed by atoms with van der Waals surface area (Å²) in [4.78, 5) is 1.31. The molecule has 0 saturated heterocycles. The molecule has 0 bridgehead atoms. The van der Waals surface area contributed by atoms with Crippen molar-refractivity contribution in [1.82, 2.24) is 0 Å². The Balaban J connectivity index is 2.57. The third-order valence-corrected chi connectivity index (χ3v) is 3.12. The Morgan fingerprint density at radius 3 is 2.75 bits per heavy atom. The molecule has 0 aliphatic rings. The highest BCUT2D eigenvalue weighted by Gasteiger charge is 2.05. The summed E-state index contributed by atoms with van der Waals surface area (Å²) in [6, 6.07) is 8.77. The van der Waals surface area contributed by atoms with E-state index in [4.69, 9.17) is 4.74 Å². The average molecular weight is 239 g/mol. The van der Waals surface area contributed by atoms with Gasteiger partial charge in [0, 0.05) is 23.2 Å². The van der Waals surface area contributed by atoms with E-state index < -0.39 is 0 Å². The Morgan fingerprint density at radius 2 is 2.06 bits per heavy atom. The highest BCUT2D eigenvalue weighted by atomic mass is 32.2. The van der Waals surface area contributed by atoms with Crippen LogP contribution in [0.25, 0.3) is 0 Å². The second-order valence-corrected chi connectivity index (χ2v) is 4.94. The molecule has 0 amide bonds. The standard InChI is InChI=1S/C13H21NOS/c1-4-15-10-11(3)14-12-8-6-7-9-13(12)16-5-2/h6-9,11,14H,4-5,10H2,1-3H3. The molecule has 1 unspecified atom stereocenters. The lowest BCUT2D eigenvalue weighted by Gasteiger charge is -2.17.